The lowest BCUT2D eigenvalue weighted by Crippen LogP contribution is -2.30. The smallest absolute Gasteiger partial charge is 0.306 e. The van der Waals surface area contributed by atoms with Gasteiger partial charge in [0, 0.05) is 19.3 Å². The first-order chi connectivity index (χ1) is 39.5. The van der Waals surface area contributed by atoms with E-state index in [0.717, 1.165) is 103 Å². The average molecular weight is 1110 g/mol. The van der Waals surface area contributed by atoms with E-state index in [2.05, 4.69) is 130 Å². The molecule has 0 saturated carbocycles. The molecule has 0 fully saturated rings. The standard InChI is InChI=1S/C74H126O6/c1-4-7-10-13-16-19-22-25-28-30-31-32-33-34-35-36-37-38-39-40-41-42-43-45-46-49-52-55-58-61-64-67-73(76)79-70-71(69-78-72(75)66-63-60-57-54-51-48-27-24-21-18-15-12-9-6-3)80-74(77)68-65-62-59-56-53-50-47-44-29-26-23-20-17-14-11-8-5-2/h8,11,17,20,22,24-27,29-31,33-34,47,50,56,59,71H,4-7,9-10,12-16,18-19,21,23,28,32,35-46,48-49,51-55,57-58,60-70H2,1-3H3/b11-8-,20-17-,25-22-,27-24-,29-26-,31-30-,34-33-,50-47-,59-56-. The summed E-state index contributed by atoms with van der Waals surface area (Å²) in [6.07, 6.45) is 92.6. The Balaban J connectivity index is 4.28. The summed E-state index contributed by atoms with van der Waals surface area (Å²) in [4.78, 5) is 38.3. The van der Waals surface area contributed by atoms with Crippen molar-refractivity contribution in [2.24, 2.45) is 0 Å². The monoisotopic (exact) mass is 1110 g/mol. The Hall–Kier alpha value is -3.93. The lowest BCUT2D eigenvalue weighted by molar-refractivity contribution is -0.167. The van der Waals surface area contributed by atoms with Gasteiger partial charge >= 0.3 is 17.9 Å². The second-order valence-electron chi connectivity index (χ2n) is 22.3. The van der Waals surface area contributed by atoms with Crippen molar-refractivity contribution < 1.29 is 28.6 Å². The summed E-state index contributed by atoms with van der Waals surface area (Å²) < 4.78 is 16.9. The predicted molar refractivity (Wildman–Crippen MR) is 348 cm³/mol. The highest BCUT2D eigenvalue weighted by molar-refractivity contribution is 5.71. The lowest BCUT2D eigenvalue weighted by atomic mass is 10.0. The number of esters is 3. The molecular weight excluding hydrogens is 985 g/mol. The highest BCUT2D eigenvalue weighted by Gasteiger charge is 2.19. The van der Waals surface area contributed by atoms with Crippen LogP contribution in [0.15, 0.2) is 109 Å². The normalized spacial score (nSPS) is 12.8. The molecular formula is C74H126O6. The fourth-order valence-corrected chi connectivity index (χ4v) is 9.42. The summed E-state index contributed by atoms with van der Waals surface area (Å²) in [5.74, 6) is -0.962. The average Bonchev–Trinajstić information content (AvgIpc) is 3.46. The summed E-state index contributed by atoms with van der Waals surface area (Å²) in [7, 11) is 0. The van der Waals surface area contributed by atoms with E-state index in [0.29, 0.717) is 19.3 Å². The predicted octanol–water partition coefficient (Wildman–Crippen LogP) is 23.4. The van der Waals surface area contributed by atoms with Crippen LogP contribution in [0.1, 0.15) is 323 Å². The van der Waals surface area contributed by atoms with E-state index in [1.165, 1.54) is 173 Å². The van der Waals surface area contributed by atoms with Gasteiger partial charge < -0.3 is 14.2 Å². The van der Waals surface area contributed by atoms with Crippen LogP contribution < -0.4 is 0 Å². The maximum absolute atomic E-state index is 12.9. The summed E-state index contributed by atoms with van der Waals surface area (Å²) in [6, 6.07) is 0. The zero-order valence-corrected chi connectivity index (χ0v) is 52.6. The molecule has 80 heavy (non-hydrogen) atoms. The molecule has 0 aliphatic carbocycles. The van der Waals surface area contributed by atoms with Crippen LogP contribution in [0.5, 0.6) is 0 Å². The molecule has 6 heteroatoms. The molecule has 0 N–H and O–H groups in total. The van der Waals surface area contributed by atoms with Crippen molar-refractivity contribution in [2.75, 3.05) is 13.2 Å². The second kappa shape index (κ2) is 67.6. The number of unbranched alkanes of at least 4 members (excludes halogenated alkanes) is 32. The molecule has 0 aromatic rings. The van der Waals surface area contributed by atoms with Crippen LogP contribution in [-0.2, 0) is 28.6 Å². The van der Waals surface area contributed by atoms with Crippen LogP contribution in [0.3, 0.4) is 0 Å². The number of carbonyl (C=O) groups excluding carboxylic acids is 3. The quantitative estimate of drug-likeness (QED) is 0.0261. The maximum Gasteiger partial charge on any atom is 0.306 e. The minimum Gasteiger partial charge on any atom is -0.462 e. The van der Waals surface area contributed by atoms with Crippen molar-refractivity contribution in [3.63, 3.8) is 0 Å². The van der Waals surface area contributed by atoms with Gasteiger partial charge in [-0.25, -0.2) is 0 Å². The fourth-order valence-electron chi connectivity index (χ4n) is 9.42. The molecule has 458 valence electrons. The Bertz CT molecular complexity index is 1610. The Kier molecular flexibility index (Phi) is 64.3. The molecule has 0 saturated heterocycles. The molecule has 0 heterocycles. The number of ether oxygens (including phenoxy) is 3. The number of hydrogen-bond donors (Lipinski definition) is 0. The number of hydrogen-bond acceptors (Lipinski definition) is 6. The number of allylic oxidation sites excluding steroid dienone is 18. The zero-order valence-electron chi connectivity index (χ0n) is 52.6. The molecule has 0 aliphatic rings. The van der Waals surface area contributed by atoms with Crippen LogP contribution >= 0.6 is 0 Å². The van der Waals surface area contributed by atoms with Gasteiger partial charge in [-0.3, -0.25) is 14.4 Å². The highest BCUT2D eigenvalue weighted by Crippen LogP contribution is 2.16. The van der Waals surface area contributed by atoms with Crippen LogP contribution in [0.25, 0.3) is 0 Å². The summed E-state index contributed by atoms with van der Waals surface area (Å²) in [5.41, 5.74) is 0. The van der Waals surface area contributed by atoms with Gasteiger partial charge in [-0.2, -0.15) is 0 Å². The molecule has 0 spiro atoms. The zero-order chi connectivity index (χ0) is 57.8. The Morgan fingerprint density at radius 3 is 0.812 bits per heavy atom. The third kappa shape index (κ3) is 64.9. The van der Waals surface area contributed by atoms with Crippen molar-refractivity contribution in [3.05, 3.63) is 109 Å². The van der Waals surface area contributed by atoms with Gasteiger partial charge in [0.1, 0.15) is 13.2 Å². The number of carbonyl (C=O) groups is 3. The van der Waals surface area contributed by atoms with E-state index in [4.69, 9.17) is 14.2 Å². The molecule has 0 amide bonds. The van der Waals surface area contributed by atoms with Crippen LogP contribution in [0, 0.1) is 0 Å². The summed E-state index contributed by atoms with van der Waals surface area (Å²) in [6.45, 7) is 6.47. The molecule has 0 bridgehead atoms. The van der Waals surface area contributed by atoms with Crippen molar-refractivity contribution >= 4 is 17.9 Å². The van der Waals surface area contributed by atoms with Gasteiger partial charge in [0.05, 0.1) is 0 Å². The topological polar surface area (TPSA) is 78.9 Å². The van der Waals surface area contributed by atoms with E-state index in [-0.39, 0.29) is 37.5 Å². The Morgan fingerprint density at radius 2 is 0.500 bits per heavy atom. The molecule has 0 radical (unpaired) electrons. The Morgan fingerprint density at radius 1 is 0.263 bits per heavy atom. The largest absolute Gasteiger partial charge is 0.462 e. The maximum atomic E-state index is 12.9. The van der Waals surface area contributed by atoms with Crippen molar-refractivity contribution in [1.29, 1.82) is 0 Å². The third-order valence-corrected chi connectivity index (χ3v) is 14.5. The SMILES string of the molecule is CC/C=C\C/C=C\C/C=C\C/C=C\C/C=C\CCCC(=O)OC(COC(=O)CCCCCCC/C=C\CCCCCCC)COC(=O)CCCCCCCCCCCCCCCCCC/C=C\C/C=C\C/C=C\CCCCCCC. The molecule has 0 rings (SSSR count). The summed E-state index contributed by atoms with van der Waals surface area (Å²) >= 11 is 0. The minimum absolute atomic E-state index is 0.102. The van der Waals surface area contributed by atoms with Crippen LogP contribution in [0.2, 0.25) is 0 Å². The fraction of sp³-hybridized carbons (Fsp3) is 0.716. The van der Waals surface area contributed by atoms with E-state index >= 15 is 0 Å². The number of rotatable bonds is 61. The second-order valence-corrected chi connectivity index (χ2v) is 22.3. The van der Waals surface area contributed by atoms with E-state index in [1.54, 1.807) is 0 Å². The lowest BCUT2D eigenvalue weighted by Gasteiger charge is -2.18. The molecule has 1 atom stereocenters. The summed E-state index contributed by atoms with van der Waals surface area (Å²) in [5, 5.41) is 0. The minimum atomic E-state index is -0.813. The van der Waals surface area contributed by atoms with Gasteiger partial charge in [0.25, 0.3) is 0 Å². The molecule has 0 aromatic heterocycles. The van der Waals surface area contributed by atoms with Crippen molar-refractivity contribution in [3.8, 4) is 0 Å². The first-order valence-corrected chi connectivity index (χ1v) is 33.9. The van der Waals surface area contributed by atoms with Crippen molar-refractivity contribution in [2.45, 2.75) is 329 Å². The van der Waals surface area contributed by atoms with Gasteiger partial charge in [-0.15, -0.1) is 0 Å². The highest BCUT2D eigenvalue weighted by atomic mass is 16.6. The first kappa shape index (κ1) is 76.1. The molecule has 1 unspecified atom stereocenters. The molecule has 6 nitrogen and oxygen atoms in total. The third-order valence-electron chi connectivity index (χ3n) is 14.5. The van der Waals surface area contributed by atoms with Gasteiger partial charge in [-0.1, -0.05) is 291 Å². The van der Waals surface area contributed by atoms with Crippen molar-refractivity contribution in [1.82, 2.24) is 0 Å². The van der Waals surface area contributed by atoms with Gasteiger partial charge in [0.2, 0.25) is 0 Å². The van der Waals surface area contributed by atoms with E-state index in [1.807, 2.05) is 0 Å². The van der Waals surface area contributed by atoms with E-state index in [9.17, 15) is 14.4 Å². The Labute approximate surface area is 495 Å². The molecule has 0 aromatic carbocycles. The first-order valence-electron chi connectivity index (χ1n) is 33.9. The van der Waals surface area contributed by atoms with E-state index < -0.39 is 6.10 Å². The molecule has 0 aliphatic heterocycles. The van der Waals surface area contributed by atoms with Crippen LogP contribution in [0.4, 0.5) is 0 Å². The van der Waals surface area contributed by atoms with Gasteiger partial charge in [-0.05, 0) is 122 Å². The van der Waals surface area contributed by atoms with Crippen LogP contribution in [-0.4, -0.2) is 37.2 Å². The van der Waals surface area contributed by atoms with Gasteiger partial charge in [0.15, 0.2) is 6.10 Å².